The fourth-order valence-electron chi connectivity index (χ4n) is 3.41. The standard InChI is InChI=1S/C21H23N5OS/c1-14-16(3)28-18(23-14)10-12-25-13-11-22-20(25)19-15(2)24(4)26(21(19)27)17-8-6-5-7-9-17/h5-9,11,13H,10,12H2,1-4H3. The van der Waals surface area contributed by atoms with Crippen LogP contribution in [0, 0.1) is 20.8 Å². The molecule has 0 saturated carbocycles. The lowest BCUT2D eigenvalue weighted by Gasteiger charge is -2.07. The molecule has 0 unspecified atom stereocenters. The van der Waals surface area contributed by atoms with E-state index in [1.165, 1.54) is 4.88 Å². The first-order valence-electron chi connectivity index (χ1n) is 9.26. The maximum absolute atomic E-state index is 13.3. The van der Waals surface area contributed by atoms with E-state index in [0.717, 1.165) is 35.0 Å². The summed E-state index contributed by atoms with van der Waals surface area (Å²) >= 11 is 1.73. The van der Waals surface area contributed by atoms with Gasteiger partial charge in [0.25, 0.3) is 5.56 Å². The summed E-state index contributed by atoms with van der Waals surface area (Å²) < 4.78 is 5.63. The molecule has 0 aliphatic heterocycles. The van der Waals surface area contributed by atoms with E-state index in [4.69, 9.17) is 0 Å². The minimum absolute atomic E-state index is 0.0559. The molecule has 0 bridgehead atoms. The summed E-state index contributed by atoms with van der Waals surface area (Å²) in [6.45, 7) is 6.83. The summed E-state index contributed by atoms with van der Waals surface area (Å²) in [6, 6.07) is 9.68. The van der Waals surface area contributed by atoms with Gasteiger partial charge < -0.3 is 4.57 Å². The van der Waals surface area contributed by atoms with Gasteiger partial charge in [-0.25, -0.2) is 14.6 Å². The third kappa shape index (κ3) is 3.11. The Bertz CT molecular complexity index is 1160. The molecular formula is C21H23N5OS. The summed E-state index contributed by atoms with van der Waals surface area (Å²) in [4.78, 5) is 23.6. The van der Waals surface area contributed by atoms with Gasteiger partial charge in [-0.1, -0.05) is 18.2 Å². The minimum Gasteiger partial charge on any atom is -0.330 e. The number of rotatable bonds is 5. The van der Waals surface area contributed by atoms with Crippen molar-refractivity contribution >= 4 is 11.3 Å². The van der Waals surface area contributed by atoms with Crippen molar-refractivity contribution in [3.05, 3.63) is 74.4 Å². The second-order valence-electron chi connectivity index (χ2n) is 6.88. The molecule has 0 fully saturated rings. The normalized spacial score (nSPS) is 11.3. The number of para-hydroxylation sites is 1. The SMILES string of the molecule is Cc1nc(CCn2ccnc2-c2c(C)n(C)n(-c3ccccc3)c2=O)sc1C. The number of benzene rings is 1. The highest BCUT2D eigenvalue weighted by atomic mass is 32.1. The largest absolute Gasteiger partial charge is 0.330 e. The molecular weight excluding hydrogens is 370 g/mol. The predicted octanol–water partition coefficient (Wildman–Crippen LogP) is 3.66. The van der Waals surface area contributed by atoms with Crippen LogP contribution in [-0.4, -0.2) is 23.9 Å². The predicted molar refractivity (Wildman–Crippen MR) is 112 cm³/mol. The Morgan fingerprint density at radius 2 is 1.86 bits per heavy atom. The van der Waals surface area contributed by atoms with Crippen molar-refractivity contribution in [2.75, 3.05) is 0 Å². The van der Waals surface area contributed by atoms with Crippen molar-refractivity contribution in [1.82, 2.24) is 23.9 Å². The number of aryl methyl sites for hydroxylation is 4. The van der Waals surface area contributed by atoms with Gasteiger partial charge in [-0.05, 0) is 32.9 Å². The molecule has 3 aromatic heterocycles. The van der Waals surface area contributed by atoms with Gasteiger partial charge in [-0.2, -0.15) is 0 Å². The average Bonchev–Trinajstić information content (AvgIpc) is 3.32. The molecule has 0 spiro atoms. The quantitative estimate of drug-likeness (QED) is 0.520. The smallest absolute Gasteiger partial charge is 0.282 e. The molecule has 0 amide bonds. The number of hydrogen-bond donors (Lipinski definition) is 0. The van der Waals surface area contributed by atoms with Gasteiger partial charge in [0.15, 0.2) is 0 Å². The second-order valence-corrected chi connectivity index (χ2v) is 8.17. The van der Waals surface area contributed by atoms with Crippen molar-refractivity contribution in [3.8, 4) is 17.1 Å². The van der Waals surface area contributed by atoms with Crippen LogP contribution in [0.5, 0.6) is 0 Å². The highest BCUT2D eigenvalue weighted by molar-refractivity contribution is 7.11. The van der Waals surface area contributed by atoms with E-state index in [1.807, 2.05) is 66.7 Å². The third-order valence-corrected chi connectivity index (χ3v) is 6.27. The first kappa shape index (κ1) is 18.4. The Hall–Kier alpha value is -2.93. The lowest BCUT2D eigenvalue weighted by atomic mass is 10.2. The Kier molecular flexibility index (Phi) is 4.77. The minimum atomic E-state index is -0.0559. The van der Waals surface area contributed by atoms with E-state index in [2.05, 4.69) is 16.9 Å². The summed E-state index contributed by atoms with van der Waals surface area (Å²) in [5.41, 5.74) is 3.41. The zero-order valence-corrected chi connectivity index (χ0v) is 17.3. The maximum Gasteiger partial charge on any atom is 0.282 e. The Labute approximate surface area is 167 Å². The van der Waals surface area contributed by atoms with Gasteiger partial charge in [0.2, 0.25) is 0 Å². The Balaban J connectivity index is 1.71. The number of thiazole rings is 1. The van der Waals surface area contributed by atoms with Gasteiger partial charge >= 0.3 is 0 Å². The number of aromatic nitrogens is 5. The van der Waals surface area contributed by atoms with Crippen LogP contribution in [0.1, 0.15) is 21.3 Å². The van der Waals surface area contributed by atoms with Crippen LogP contribution in [0.3, 0.4) is 0 Å². The van der Waals surface area contributed by atoms with Crippen LogP contribution >= 0.6 is 11.3 Å². The van der Waals surface area contributed by atoms with Crippen molar-refractivity contribution < 1.29 is 0 Å². The monoisotopic (exact) mass is 393 g/mol. The first-order valence-corrected chi connectivity index (χ1v) is 10.1. The van der Waals surface area contributed by atoms with Gasteiger partial charge in [0.1, 0.15) is 11.4 Å². The Morgan fingerprint density at radius 1 is 1.11 bits per heavy atom. The van der Waals surface area contributed by atoms with Crippen LogP contribution in [0.2, 0.25) is 0 Å². The topological polar surface area (TPSA) is 57.6 Å². The molecule has 144 valence electrons. The van der Waals surface area contributed by atoms with Gasteiger partial charge in [-0.3, -0.25) is 9.48 Å². The molecule has 0 aliphatic rings. The van der Waals surface area contributed by atoms with Crippen molar-refractivity contribution in [1.29, 1.82) is 0 Å². The van der Waals surface area contributed by atoms with Crippen LogP contribution < -0.4 is 5.56 Å². The molecule has 0 saturated heterocycles. The Morgan fingerprint density at radius 3 is 2.54 bits per heavy atom. The summed E-state index contributed by atoms with van der Waals surface area (Å²) in [5, 5.41) is 1.11. The zero-order chi connectivity index (χ0) is 19.8. The van der Waals surface area contributed by atoms with E-state index in [0.29, 0.717) is 11.4 Å². The molecule has 0 radical (unpaired) electrons. The molecule has 3 heterocycles. The molecule has 7 heteroatoms. The van der Waals surface area contributed by atoms with Crippen LogP contribution in [0.25, 0.3) is 17.1 Å². The van der Waals surface area contributed by atoms with Gasteiger partial charge in [0, 0.05) is 43.0 Å². The van der Waals surface area contributed by atoms with E-state index in [9.17, 15) is 4.79 Å². The van der Waals surface area contributed by atoms with Crippen molar-refractivity contribution in [3.63, 3.8) is 0 Å². The molecule has 0 atom stereocenters. The van der Waals surface area contributed by atoms with E-state index >= 15 is 0 Å². The average molecular weight is 394 g/mol. The van der Waals surface area contributed by atoms with Crippen LogP contribution in [0.4, 0.5) is 0 Å². The van der Waals surface area contributed by atoms with Gasteiger partial charge in [0.05, 0.1) is 16.4 Å². The lowest BCUT2D eigenvalue weighted by Crippen LogP contribution is -2.20. The van der Waals surface area contributed by atoms with Crippen LogP contribution in [0.15, 0.2) is 47.5 Å². The number of hydrogen-bond acceptors (Lipinski definition) is 4. The molecule has 1 aromatic carbocycles. The fourth-order valence-corrected chi connectivity index (χ4v) is 4.33. The van der Waals surface area contributed by atoms with E-state index in [-0.39, 0.29) is 5.56 Å². The first-order chi connectivity index (χ1) is 13.5. The maximum atomic E-state index is 13.3. The summed E-state index contributed by atoms with van der Waals surface area (Å²) in [5.74, 6) is 0.706. The zero-order valence-electron chi connectivity index (χ0n) is 16.5. The van der Waals surface area contributed by atoms with E-state index < -0.39 is 0 Å². The van der Waals surface area contributed by atoms with Crippen LogP contribution in [-0.2, 0) is 20.0 Å². The molecule has 28 heavy (non-hydrogen) atoms. The molecule has 4 rings (SSSR count). The highest BCUT2D eigenvalue weighted by Crippen LogP contribution is 2.22. The van der Waals surface area contributed by atoms with E-state index in [1.54, 1.807) is 22.2 Å². The number of imidazole rings is 1. The molecule has 6 nitrogen and oxygen atoms in total. The lowest BCUT2D eigenvalue weighted by molar-refractivity contribution is 0.630. The summed E-state index contributed by atoms with van der Waals surface area (Å²) in [6.07, 6.45) is 4.51. The molecule has 0 N–H and O–H groups in total. The van der Waals surface area contributed by atoms with Crippen molar-refractivity contribution in [2.45, 2.75) is 33.7 Å². The van der Waals surface area contributed by atoms with Crippen molar-refractivity contribution in [2.24, 2.45) is 7.05 Å². The second kappa shape index (κ2) is 7.24. The molecule has 0 aliphatic carbocycles. The highest BCUT2D eigenvalue weighted by Gasteiger charge is 2.21. The third-order valence-electron chi connectivity index (χ3n) is 5.13. The summed E-state index contributed by atoms with van der Waals surface area (Å²) in [7, 11) is 1.90. The molecule has 4 aromatic rings. The van der Waals surface area contributed by atoms with Gasteiger partial charge in [-0.15, -0.1) is 11.3 Å². The fraction of sp³-hybridized carbons (Fsp3) is 0.286. The number of nitrogens with zero attached hydrogens (tertiary/aromatic N) is 5.